The molecule has 1 saturated heterocycles. The molecule has 0 saturated carbocycles. The first-order valence-corrected chi connectivity index (χ1v) is 11.0. The number of H-pyrrole nitrogens is 2. The maximum atomic E-state index is 12.8. The molecule has 172 valence electrons. The minimum Gasteiger partial charge on any atom is -0.468 e. The number of imidazole rings is 1. The summed E-state index contributed by atoms with van der Waals surface area (Å²) < 4.78 is 5.16. The highest BCUT2D eigenvalue weighted by Crippen LogP contribution is 2.37. The molecule has 8 nitrogen and oxygen atoms in total. The third-order valence-electron chi connectivity index (χ3n) is 6.34. The highest BCUT2D eigenvalue weighted by atomic mass is 16.5. The van der Waals surface area contributed by atoms with Crippen LogP contribution < -0.4 is 11.0 Å². The molecule has 1 aliphatic rings. The van der Waals surface area contributed by atoms with Gasteiger partial charge in [-0.1, -0.05) is 48.0 Å². The third kappa shape index (κ3) is 4.75. The number of benzene rings is 2. The molecule has 3 N–H and O–H groups in total. The molecular formula is C25H28N4O4. The van der Waals surface area contributed by atoms with Crippen molar-refractivity contribution in [2.24, 2.45) is 0 Å². The van der Waals surface area contributed by atoms with Crippen LogP contribution in [0.15, 0.2) is 59.4 Å². The second-order valence-electron chi connectivity index (χ2n) is 8.47. The smallest absolute Gasteiger partial charge is 0.323 e. The van der Waals surface area contributed by atoms with Crippen LogP contribution in [0.4, 0.5) is 5.69 Å². The first kappa shape index (κ1) is 22.5. The number of nitrogens with zero attached hydrogens (tertiary/aromatic N) is 1. The molecule has 2 heterocycles. The predicted octanol–water partition coefficient (Wildman–Crippen LogP) is 2.97. The number of hydrogen-bond acceptors (Lipinski definition) is 5. The Hall–Kier alpha value is -3.65. The molecule has 3 aromatic rings. The number of anilines is 1. The van der Waals surface area contributed by atoms with E-state index in [1.165, 1.54) is 7.11 Å². The van der Waals surface area contributed by atoms with Crippen molar-refractivity contribution in [3.05, 3.63) is 87.6 Å². The van der Waals surface area contributed by atoms with Gasteiger partial charge in [0.2, 0.25) is 0 Å². The van der Waals surface area contributed by atoms with Crippen molar-refractivity contribution in [1.82, 2.24) is 14.9 Å². The molecule has 0 aliphatic carbocycles. The predicted molar refractivity (Wildman–Crippen MR) is 125 cm³/mol. The van der Waals surface area contributed by atoms with E-state index in [2.05, 4.69) is 20.2 Å². The molecule has 1 aliphatic heterocycles. The lowest BCUT2D eigenvalue weighted by Gasteiger charge is -2.40. The van der Waals surface area contributed by atoms with Gasteiger partial charge in [-0.25, -0.2) is 4.79 Å². The second kappa shape index (κ2) is 9.46. The van der Waals surface area contributed by atoms with Crippen molar-refractivity contribution in [3.8, 4) is 0 Å². The summed E-state index contributed by atoms with van der Waals surface area (Å²) in [5.74, 6) is -0.612. The van der Waals surface area contributed by atoms with Gasteiger partial charge in [-0.05, 0) is 50.6 Å². The van der Waals surface area contributed by atoms with E-state index >= 15 is 0 Å². The van der Waals surface area contributed by atoms with Gasteiger partial charge in [-0.2, -0.15) is 0 Å². The van der Waals surface area contributed by atoms with Gasteiger partial charge >= 0.3 is 11.7 Å². The van der Waals surface area contributed by atoms with E-state index in [0.717, 1.165) is 11.1 Å². The van der Waals surface area contributed by atoms with Crippen LogP contribution in [0.1, 0.15) is 40.2 Å². The monoisotopic (exact) mass is 448 g/mol. The second-order valence-corrected chi connectivity index (χ2v) is 8.47. The third-order valence-corrected chi connectivity index (χ3v) is 6.34. The number of carbonyl (C=O) groups excluding carboxylic acids is 2. The summed E-state index contributed by atoms with van der Waals surface area (Å²) in [5, 5.41) is 2.82. The number of amides is 1. The van der Waals surface area contributed by atoms with Crippen molar-refractivity contribution in [2.45, 2.75) is 31.7 Å². The molecule has 0 radical (unpaired) electrons. The number of ether oxygens (including phenoxy) is 1. The largest absolute Gasteiger partial charge is 0.468 e. The molecule has 1 amide bonds. The zero-order chi connectivity index (χ0) is 23.4. The molecule has 4 rings (SSSR count). The van der Waals surface area contributed by atoms with Gasteiger partial charge in [0, 0.05) is 12.2 Å². The van der Waals surface area contributed by atoms with E-state index in [1.807, 2.05) is 61.5 Å². The maximum absolute atomic E-state index is 12.8. The van der Waals surface area contributed by atoms with Crippen LogP contribution >= 0.6 is 0 Å². The Morgan fingerprint density at radius 3 is 2.33 bits per heavy atom. The molecule has 0 spiro atoms. The van der Waals surface area contributed by atoms with E-state index in [0.29, 0.717) is 43.9 Å². The fraction of sp³-hybridized carbons (Fsp3) is 0.320. The Balaban J connectivity index is 1.47. The Bertz CT molecular complexity index is 1170. The molecule has 1 fully saturated rings. The number of rotatable bonds is 6. The lowest BCUT2D eigenvalue weighted by atomic mass is 9.72. The van der Waals surface area contributed by atoms with Crippen LogP contribution in [-0.2, 0) is 21.5 Å². The van der Waals surface area contributed by atoms with Gasteiger partial charge in [0.15, 0.2) is 0 Å². The lowest BCUT2D eigenvalue weighted by Crippen LogP contribution is -2.47. The minimum absolute atomic E-state index is 0.216. The van der Waals surface area contributed by atoms with Crippen molar-refractivity contribution in [3.63, 3.8) is 0 Å². The Morgan fingerprint density at radius 2 is 1.70 bits per heavy atom. The fourth-order valence-corrected chi connectivity index (χ4v) is 4.44. The van der Waals surface area contributed by atoms with Crippen molar-refractivity contribution < 1.29 is 14.3 Å². The number of hydrogen-bond donors (Lipinski definition) is 3. The zero-order valence-electron chi connectivity index (χ0n) is 18.8. The average molecular weight is 449 g/mol. The molecular weight excluding hydrogens is 420 g/mol. The van der Waals surface area contributed by atoms with Gasteiger partial charge in [-0.15, -0.1) is 0 Å². The number of aryl methyl sites for hydroxylation is 1. The Kier molecular flexibility index (Phi) is 6.46. The number of methoxy groups -OCH3 is 1. The van der Waals surface area contributed by atoms with Gasteiger partial charge in [-0.3, -0.25) is 14.5 Å². The Morgan fingerprint density at radius 1 is 1.03 bits per heavy atom. The molecule has 33 heavy (non-hydrogen) atoms. The topological polar surface area (TPSA) is 107 Å². The summed E-state index contributed by atoms with van der Waals surface area (Å²) in [6.45, 7) is 3.60. The van der Waals surface area contributed by atoms with Crippen molar-refractivity contribution in [1.29, 1.82) is 0 Å². The summed E-state index contributed by atoms with van der Waals surface area (Å²) >= 11 is 0. The summed E-state index contributed by atoms with van der Waals surface area (Å²) in [5.41, 5.74) is 2.32. The van der Waals surface area contributed by atoms with Gasteiger partial charge in [0.1, 0.15) is 5.69 Å². The summed E-state index contributed by atoms with van der Waals surface area (Å²) in [6.07, 6.45) is 1.17. The number of esters is 1. The number of nitrogens with one attached hydrogen (secondary N) is 3. The fourth-order valence-electron chi connectivity index (χ4n) is 4.44. The van der Waals surface area contributed by atoms with Crippen LogP contribution in [0.3, 0.4) is 0 Å². The van der Waals surface area contributed by atoms with Crippen LogP contribution in [0.25, 0.3) is 0 Å². The van der Waals surface area contributed by atoms with E-state index in [4.69, 9.17) is 4.74 Å². The van der Waals surface area contributed by atoms with Gasteiger partial charge in [0.25, 0.3) is 5.91 Å². The number of piperidine rings is 1. The van der Waals surface area contributed by atoms with Crippen LogP contribution in [-0.4, -0.2) is 46.9 Å². The van der Waals surface area contributed by atoms with Gasteiger partial charge < -0.3 is 20.0 Å². The molecule has 2 aromatic carbocycles. The van der Waals surface area contributed by atoms with E-state index in [-0.39, 0.29) is 17.6 Å². The van der Waals surface area contributed by atoms with E-state index in [1.54, 1.807) is 0 Å². The van der Waals surface area contributed by atoms with Crippen LogP contribution in [0.2, 0.25) is 0 Å². The summed E-state index contributed by atoms with van der Waals surface area (Å²) in [4.78, 5) is 45.1. The van der Waals surface area contributed by atoms with Crippen molar-refractivity contribution >= 4 is 17.6 Å². The normalized spacial score (nSPS) is 15.7. The molecule has 0 unspecified atom stereocenters. The number of likely N-dealkylation sites (tertiary alicyclic amines) is 1. The summed E-state index contributed by atoms with van der Waals surface area (Å²) in [6, 6.07) is 17.2. The Labute approximate surface area is 192 Å². The minimum atomic E-state index is -0.691. The zero-order valence-corrected chi connectivity index (χ0v) is 18.8. The molecule has 0 bridgehead atoms. The molecule has 0 atom stereocenters. The number of carbonyl (C=O) groups is 2. The molecule has 8 heteroatoms. The SMILES string of the molecule is COC(=O)C1(c2ccccc2)CCN(Cc2[nH]c(=O)[nH]c2C(=O)Nc2ccc(C)cc2)CC1. The highest BCUT2D eigenvalue weighted by Gasteiger charge is 2.44. The average Bonchev–Trinajstić information content (AvgIpc) is 3.21. The van der Waals surface area contributed by atoms with Crippen LogP contribution in [0, 0.1) is 6.92 Å². The highest BCUT2D eigenvalue weighted by molar-refractivity contribution is 6.03. The van der Waals surface area contributed by atoms with E-state index in [9.17, 15) is 14.4 Å². The molecule has 1 aromatic heterocycles. The first-order valence-electron chi connectivity index (χ1n) is 11.0. The lowest BCUT2D eigenvalue weighted by molar-refractivity contribution is -0.149. The standard InChI is InChI=1S/C25H28N4O4/c1-17-8-10-19(11-9-17)26-22(30)21-20(27-24(32)28-21)16-29-14-12-25(13-15-29,23(31)33-2)18-6-4-3-5-7-18/h3-11H,12-16H2,1-2H3,(H,26,30)(H2,27,28,32). The maximum Gasteiger partial charge on any atom is 0.323 e. The summed E-state index contributed by atoms with van der Waals surface area (Å²) in [7, 11) is 1.42. The number of aromatic amines is 2. The first-order chi connectivity index (χ1) is 15.9. The quantitative estimate of drug-likeness (QED) is 0.503. The van der Waals surface area contributed by atoms with E-state index < -0.39 is 11.1 Å². The van der Waals surface area contributed by atoms with Crippen LogP contribution in [0.5, 0.6) is 0 Å². The number of aromatic nitrogens is 2. The van der Waals surface area contributed by atoms with Crippen molar-refractivity contribution in [2.75, 3.05) is 25.5 Å². The van der Waals surface area contributed by atoms with Gasteiger partial charge in [0.05, 0.1) is 18.2 Å².